The van der Waals surface area contributed by atoms with Crippen molar-refractivity contribution >= 4 is 21.7 Å². The van der Waals surface area contributed by atoms with Crippen LogP contribution in [0.5, 0.6) is 17.2 Å². The van der Waals surface area contributed by atoms with Gasteiger partial charge in [-0.15, -0.1) is 0 Å². The quantitative estimate of drug-likeness (QED) is 0.554. The van der Waals surface area contributed by atoms with Gasteiger partial charge < -0.3 is 24.3 Å². The second kappa shape index (κ2) is 10.3. The van der Waals surface area contributed by atoms with Crippen LogP contribution in [0.3, 0.4) is 0 Å². The van der Waals surface area contributed by atoms with E-state index in [4.69, 9.17) is 18.9 Å². The molecule has 1 heterocycles. The normalized spacial score (nSPS) is 17.4. The number of nitrogens with one attached hydrogen (secondary N) is 1. The van der Waals surface area contributed by atoms with Gasteiger partial charge in [0.1, 0.15) is 0 Å². The van der Waals surface area contributed by atoms with E-state index in [0.29, 0.717) is 43.5 Å². The number of hydrogen-bond acceptors (Lipinski definition) is 8. The zero-order valence-corrected chi connectivity index (χ0v) is 17.7. The summed E-state index contributed by atoms with van der Waals surface area (Å²) in [4.78, 5) is 24.4. The molecule has 0 bridgehead atoms. The lowest BCUT2D eigenvalue weighted by molar-refractivity contribution is -0.124. The molecule has 1 aliphatic heterocycles. The van der Waals surface area contributed by atoms with Gasteiger partial charge in [0.2, 0.25) is 5.75 Å². The molecule has 1 aromatic rings. The second-order valence-corrected chi connectivity index (χ2v) is 8.57. The lowest BCUT2D eigenvalue weighted by Gasteiger charge is -2.17. The first-order valence-electron chi connectivity index (χ1n) is 9.52. The van der Waals surface area contributed by atoms with Crippen LogP contribution in [0.2, 0.25) is 0 Å². The summed E-state index contributed by atoms with van der Waals surface area (Å²) in [6.45, 7) is 6.01. The van der Waals surface area contributed by atoms with Gasteiger partial charge in [-0.05, 0) is 39.3 Å². The maximum atomic E-state index is 12.4. The van der Waals surface area contributed by atoms with Crippen molar-refractivity contribution in [1.82, 2.24) is 5.32 Å². The van der Waals surface area contributed by atoms with E-state index in [0.717, 1.165) is 0 Å². The minimum atomic E-state index is -3.11. The fraction of sp³-hybridized carbons (Fsp3) is 0.579. The van der Waals surface area contributed by atoms with E-state index in [1.165, 1.54) is 12.1 Å². The van der Waals surface area contributed by atoms with Gasteiger partial charge in [-0.25, -0.2) is 13.2 Å². The molecule has 0 saturated carbocycles. The highest BCUT2D eigenvalue weighted by Crippen LogP contribution is 2.39. The summed E-state index contributed by atoms with van der Waals surface area (Å²) >= 11 is 0. The molecule has 2 rings (SSSR count). The van der Waals surface area contributed by atoms with Gasteiger partial charge in [-0.3, -0.25) is 4.79 Å². The molecular formula is C19H27NO8S. The Morgan fingerprint density at radius 3 is 2.10 bits per heavy atom. The molecule has 9 nitrogen and oxygen atoms in total. The number of sulfone groups is 1. The van der Waals surface area contributed by atoms with Crippen LogP contribution >= 0.6 is 0 Å². The number of ether oxygens (including phenoxy) is 4. The highest BCUT2D eigenvalue weighted by atomic mass is 32.2. The second-order valence-electron chi connectivity index (χ2n) is 6.34. The summed E-state index contributed by atoms with van der Waals surface area (Å²) < 4.78 is 44.6. The summed E-state index contributed by atoms with van der Waals surface area (Å²) in [6.07, 6.45) is 0.357. The van der Waals surface area contributed by atoms with Crippen LogP contribution in [0.25, 0.3) is 0 Å². The Balaban J connectivity index is 2.06. The molecule has 10 heteroatoms. The molecule has 1 N–H and O–H groups in total. The number of rotatable bonds is 10. The van der Waals surface area contributed by atoms with Crippen LogP contribution in [0.4, 0.5) is 0 Å². The molecule has 0 spiro atoms. The van der Waals surface area contributed by atoms with Crippen LogP contribution in [0.15, 0.2) is 12.1 Å². The molecule has 0 aliphatic carbocycles. The molecular weight excluding hydrogens is 402 g/mol. The Hall–Kier alpha value is -2.49. The molecule has 1 aliphatic rings. The molecule has 1 amide bonds. The van der Waals surface area contributed by atoms with Gasteiger partial charge in [0, 0.05) is 6.04 Å². The number of amides is 1. The highest BCUT2D eigenvalue weighted by Gasteiger charge is 2.29. The zero-order valence-electron chi connectivity index (χ0n) is 16.9. The van der Waals surface area contributed by atoms with E-state index in [1.54, 1.807) is 13.8 Å². The SMILES string of the molecule is CCOc1cc(C(=O)OCC(=O)N[C@@H]2CCS(=O)(=O)C2)cc(OCC)c1OCC. The number of benzene rings is 1. The maximum Gasteiger partial charge on any atom is 0.338 e. The number of carbonyl (C=O) groups excluding carboxylic acids is 2. The lowest BCUT2D eigenvalue weighted by Crippen LogP contribution is -2.38. The first-order chi connectivity index (χ1) is 13.8. The van der Waals surface area contributed by atoms with Crippen molar-refractivity contribution in [2.24, 2.45) is 0 Å². The maximum absolute atomic E-state index is 12.4. The molecule has 0 aromatic heterocycles. The van der Waals surface area contributed by atoms with Crippen molar-refractivity contribution in [3.05, 3.63) is 17.7 Å². The Kier molecular flexibility index (Phi) is 8.12. The van der Waals surface area contributed by atoms with E-state index < -0.39 is 34.4 Å². The number of hydrogen-bond donors (Lipinski definition) is 1. The summed E-state index contributed by atoms with van der Waals surface area (Å²) in [5.74, 6) is -0.259. The average molecular weight is 429 g/mol. The monoisotopic (exact) mass is 429 g/mol. The fourth-order valence-electron chi connectivity index (χ4n) is 2.90. The van der Waals surface area contributed by atoms with Crippen LogP contribution in [-0.4, -0.2) is 64.3 Å². The molecule has 162 valence electrons. The van der Waals surface area contributed by atoms with Gasteiger partial charge in [0.05, 0.1) is 36.9 Å². The van der Waals surface area contributed by atoms with Crippen molar-refractivity contribution in [3.8, 4) is 17.2 Å². The first-order valence-corrected chi connectivity index (χ1v) is 11.3. The third kappa shape index (κ3) is 6.52. The third-order valence-electron chi connectivity index (χ3n) is 4.08. The third-order valence-corrected chi connectivity index (χ3v) is 5.84. The zero-order chi connectivity index (χ0) is 21.4. The van der Waals surface area contributed by atoms with E-state index in [2.05, 4.69) is 5.32 Å². The van der Waals surface area contributed by atoms with E-state index in [-0.39, 0.29) is 17.1 Å². The largest absolute Gasteiger partial charge is 0.490 e. The summed E-state index contributed by atoms with van der Waals surface area (Å²) in [5, 5.41) is 2.57. The summed E-state index contributed by atoms with van der Waals surface area (Å²) in [7, 11) is -3.11. The Labute approximate surface area is 170 Å². The van der Waals surface area contributed by atoms with E-state index >= 15 is 0 Å². The molecule has 0 radical (unpaired) electrons. The highest BCUT2D eigenvalue weighted by molar-refractivity contribution is 7.91. The van der Waals surface area contributed by atoms with Gasteiger partial charge in [-0.2, -0.15) is 0 Å². The Morgan fingerprint density at radius 2 is 1.62 bits per heavy atom. The molecule has 1 fully saturated rings. The van der Waals surface area contributed by atoms with Crippen molar-refractivity contribution in [1.29, 1.82) is 0 Å². The molecule has 1 aromatic carbocycles. The molecule has 1 atom stereocenters. The van der Waals surface area contributed by atoms with Crippen LogP contribution in [0.1, 0.15) is 37.6 Å². The van der Waals surface area contributed by atoms with Crippen molar-refractivity contribution in [2.75, 3.05) is 37.9 Å². The predicted molar refractivity (Wildman–Crippen MR) is 105 cm³/mol. The van der Waals surface area contributed by atoms with Crippen molar-refractivity contribution in [2.45, 2.75) is 33.2 Å². The van der Waals surface area contributed by atoms with Gasteiger partial charge in [0.15, 0.2) is 27.9 Å². The topological polar surface area (TPSA) is 117 Å². The van der Waals surface area contributed by atoms with E-state index in [1.807, 2.05) is 6.92 Å². The van der Waals surface area contributed by atoms with E-state index in [9.17, 15) is 18.0 Å². The van der Waals surface area contributed by atoms with Gasteiger partial charge >= 0.3 is 5.97 Å². The number of carbonyl (C=O) groups is 2. The first kappa shape index (κ1) is 22.8. The predicted octanol–water partition coefficient (Wildman–Crippen LogP) is 1.34. The van der Waals surface area contributed by atoms with Crippen LogP contribution in [-0.2, 0) is 19.4 Å². The van der Waals surface area contributed by atoms with Crippen LogP contribution < -0.4 is 19.5 Å². The average Bonchev–Trinajstić information content (AvgIpc) is 3.00. The van der Waals surface area contributed by atoms with Crippen molar-refractivity contribution < 1.29 is 37.0 Å². The minimum absolute atomic E-state index is 0.0460. The fourth-order valence-corrected chi connectivity index (χ4v) is 4.57. The van der Waals surface area contributed by atoms with Gasteiger partial charge in [-0.1, -0.05) is 0 Å². The summed E-state index contributed by atoms with van der Waals surface area (Å²) in [5.41, 5.74) is 0.150. The lowest BCUT2D eigenvalue weighted by atomic mass is 10.2. The summed E-state index contributed by atoms with van der Waals surface area (Å²) in [6, 6.07) is 2.49. The molecule has 1 saturated heterocycles. The smallest absolute Gasteiger partial charge is 0.338 e. The minimum Gasteiger partial charge on any atom is -0.490 e. The van der Waals surface area contributed by atoms with Crippen LogP contribution in [0, 0.1) is 0 Å². The Morgan fingerprint density at radius 1 is 1.03 bits per heavy atom. The van der Waals surface area contributed by atoms with Crippen molar-refractivity contribution in [3.63, 3.8) is 0 Å². The number of esters is 1. The standard InChI is InChI=1S/C19H27NO8S/c1-4-25-15-9-13(10-16(26-5-2)18(15)27-6-3)19(22)28-11-17(21)20-14-7-8-29(23,24)12-14/h9-10,14H,4-8,11-12H2,1-3H3,(H,20,21)/t14-/m1/s1. The molecule has 29 heavy (non-hydrogen) atoms. The molecule has 0 unspecified atom stereocenters. The Bertz CT molecular complexity index is 810. The van der Waals surface area contributed by atoms with Gasteiger partial charge in [0.25, 0.3) is 5.91 Å².